The molecular weight excluding hydrogens is 236 g/mol. The van der Waals surface area contributed by atoms with Crippen LogP contribution >= 0.6 is 0 Å². The molecule has 0 aliphatic heterocycles. The van der Waals surface area contributed by atoms with Crippen molar-refractivity contribution in [2.24, 2.45) is 11.5 Å². The van der Waals surface area contributed by atoms with Gasteiger partial charge in [-0.2, -0.15) is 0 Å². The summed E-state index contributed by atoms with van der Waals surface area (Å²) in [7, 11) is -3.42. The average Bonchev–Trinajstić information content (AvgIpc) is 2.34. The van der Waals surface area contributed by atoms with Crippen molar-refractivity contribution in [3.63, 3.8) is 0 Å². The van der Waals surface area contributed by atoms with Crippen LogP contribution in [0.2, 0.25) is 0 Å². The van der Waals surface area contributed by atoms with Crippen LogP contribution < -0.4 is 11.5 Å². The van der Waals surface area contributed by atoms with E-state index in [0.29, 0.717) is 12.8 Å². The number of hydrogen-bond donors (Lipinski definition) is 2. The fraction of sp³-hybridized carbons (Fsp3) is 0.667. The van der Waals surface area contributed by atoms with Gasteiger partial charge >= 0.3 is 0 Å². The fourth-order valence-electron chi connectivity index (χ4n) is 2.60. The number of allylic oxidation sites excluding steroid dienone is 2. The standard InChI is InChI=1S/C12H20N2O2S/c13-11-8-4-5-9-12(11,14)17(15,16)10-6-2-1-3-7-10/h4-5,8-11H,1-3,6-7,13-14H2. The SMILES string of the molecule is NC1C=CC=CC1(N)S(=O)(=O)C1CCCCC1. The lowest BCUT2D eigenvalue weighted by atomic mass is 10.0. The van der Waals surface area contributed by atoms with Gasteiger partial charge in [0.25, 0.3) is 0 Å². The van der Waals surface area contributed by atoms with Crippen molar-refractivity contribution in [3.05, 3.63) is 24.3 Å². The summed E-state index contributed by atoms with van der Waals surface area (Å²) < 4.78 is 25.2. The van der Waals surface area contributed by atoms with Gasteiger partial charge < -0.3 is 11.5 Å². The van der Waals surface area contributed by atoms with Crippen LogP contribution in [-0.4, -0.2) is 24.6 Å². The second kappa shape index (κ2) is 4.55. The maximum absolute atomic E-state index is 12.6. The van der Waals surface area contributed by atoms with Crippen LogP contribution in [0, 0.1) is 0 Å². The van der Waals surface area contributed by atoms with Crippen LogP contribution in [0.4, 0.5) is 0 Å². The first-order valence-electron chi connectivity index (χ1n) is 6.12. The molecule has 5 heteroatoms. The highest BCUT2D eigenvalue weighted by atomic mass is 32.2. The van der Waals surface area contributed by atoms with E-state index in [1.165, 1.54) is 6.08 Å². The molecule has 2 unspecified atom stereocenters. The molecule has 0 bridgehead atoms. The Hall–Kier alpha value is -0.650. The molecular formula is C12H20N2O2S. The van der Waals surface area contributed by atoms with Gasteiger partial charge in [-0.1, -0.05) is 37.5 Å². The van der Waals surface area contributed by atoms with Gasteiger partial charge in [-0.25, -0.2) is 8.42 Å². The highest BCUT2D eigenvalue weighted by Gasteiger charge is 2.47. The van der Waals surface area contributed by atoms with Crippen molar-refractivity contribution in [2.45, 2.75) is 48.3 Å². The van der Waals surface area contributed by atoms with E-state index in [2.05, 4.69) is 0 Å². The maximum atomic E-state index is 12.6. The van der Waals surface area contributed by atoms with Crippen molar-refractivity contribution >= 4 is 9.84 Å². The topological polar surface area (TPSA) is 86.2 Å². The third-order valence-corrected chi connectivity index (χ3v) is 6.53. The van der Waals surface area contributed by atoms with Gasteiger partial charge in [0.1, 0.15) is 0 Å². The minimum absolute atomic E-state index is 0.330. The molecule has 0 aromatic carbocycles. The Morgan fingerprint density at radius 3 is 2.35 bits per heavy atom. The predicted octanol–water partition coefficient (Wildman–Crippen LogP) is 0.842. The Bertz CT molecular complexity index is 435. The van der Waals surface area contributed by atoms with Crippen molar-refractivity contribution in [1.29, 1.82) is 0 Å². The Balaban J connectivity index is 2.31. The molecule has 4 nitrogen and oxygen atoms in total. The van der Waals surface area contributed by atoms with Crippen LogP contribution in [0.5, 0.6) is 0 Å². The molecule has 4 N–H and O–H groups in total. The van der Waals surface area contributed by atoms with Crippen LogP contribution in [0.15, 0.2) is 24.3 Å². The van der Waals surface area contributed by atoms with E-state index in [-0.39, 0.29) is 5.25 Å². The largest absolute Gasteiger partial charge is 0.322 e. The van der Waals surface area contributed by atoms with Gasteiger partial charge in [0, 0.05) is 0 Å². The molecule has 0 radical (unpaired) electrons. The summed E-state index contributed by atoms with van der Waals surface area (Å²) >= 11 is 0. The van der Waals surface area contributed by atoms with E-state index in [9.17, 15) is 8.42 Å². The zero-order valence-corrected chi connectivity index (χ0v) is 10.7. The van der Waals surface area contributed by atoms with E-state index in [4.69, 9.17) is 11.5 Å². The molecule has 0 heterocycles. The van der Waals surface area contributed by atoms with E-state index < -0.39 is 20.8 Å². The minimum atomic E-state index is -3.42. The predicted molar refractivity (Wildman–Crippen MR) is 69.0 cm³/mol. The highest BCUT2D eigenvalue weighted by molar-refractivity contribution is 7.93. The summed E-state index contributed by atoms with van der Waals surface area (Å²) in [6, 6.07) is -0.653. The van der Waals surface area contributed by atoms with Crippen LogP contribution in [-0.2, 0) is 9.84 Å². The summed E-state index contributed by atoms with van der Waals surface area (Å²) in [5, 5.41) is -0.330. The van der Waals surface area contributed by atoms with Crippen LogP contribution in [0.25, 0.3) is 0 Å². The normalized spacial score (nSPS) is 35.1. The Kier molecular flexibility index (Phi) is 3.43. The van der Waals surface area contributed by atoms with Crippen molar-refractivity contribution in [3.8, 4) is 0 Å². The van der Waals surface area contributed by atoms with E-state index in [1.807, 2.05) is 0 Å². The summed E-state index contributed by atoms with van der Waals surface area (Å²) in [4.78, 5) is -1.43. The van der Waals surface area contributed by atoms with Gasteiger partial charge in [0.2, 0.25) is 0 Å². The average molecular weight is 256 g/mol. The zero-order chi connectivity index (χ0) is 12.5. The second-order valence-electron chi connectivity index (χ2n) is 4.93. The van der Waals surface area contributed by atoms with Crippen molar-refractivity contribution in [2.75, 3.05) is 0 Å². The van der Waals surface area contributed by atoms with Crippen molar-refractivity contribution < 1.29 is 8.42 Å². The molecule has 0 saturated heterocycles. The van der Waals surface area contributed by atoms with Crippen molar-refractivity contribution in [1.82, 2.24) is 0 Å². The fourth-order valence-corrected chi connectivity index (χ4v) is 4.86. The highest BCUT2D eigenvalue weighted by Crippen LogP contribution is 2.32. The summed E-state index contributed by atoms with van der Waals surface area (Å²) in [6.45, 7) is 0. The second-order valence-corrected chi connectivity index (χ2v) is 7.39. The van der Waals surface area contributed by atoms with Gasteiger partial charge in [-0.15, -0.1) is 0 Å². The Morgan fingerprint density at radius 2 is 1.76 bits per heavy atom. The molecule has 17 heavy (non-hydrogen) atoms. The summed E-state index contributed by atoms with van der Waals surface area (Å²) in [5.74, 6) is 0. The van der Waals surface area contributed by atoms with E-state index >= 15 is 0 Å². The molecule has 1 saturated carbocycles. The minimum Gasteiger partial charge on any atom is -0.322 e. The molecule has 0 spiro atoms. The van der Waals surface area contributed by atoms with Gasteiger partial charge in [0.15, 0.2) is 14.7 Å². The first-order valence-corrected chi connectivity index (χ1v) is 7.67. The first-order chi connectivity index (χ1) is 7.98. The first kappa shape index (κ1) is 12.8. The lowest BCUT2D eigenvalue weighted by Crippen LogP contribution is -2.61. The number of rotatable bonds is 2. The molecule has 96 valence electrons. The van der Waals surface area contributed by atoms with Crippen LogP contribution in [0.3, 0.4) is 0 Å². The summed E-state index contributed by atoms with van der Waals surface area (Å²) in [5.41, 5.74) is 11.9. The molecule has 0 aromatic rings. The van der Waals surface area contributed by atoms with Gasteiger partial charge in [-0.05, 0) is 18.9 Å². The smallest absolute Gasteiger partial charge is 0.177 e. The molecule has 0 amide bonds. The Labute approximate surface area is 103 Å². The quantitative estimate of drug-likeness (QED) is 0.766. The van der Waals surface area contributed by atoms with Crippen LogP contribution in [0.1, 0.15) is 32.1 Å². The van der Waals surface area contributed by atoms with E-state index in [1.54, 1.807) is 18.2 Å². The van der Waals surface area contributed by atoms with Gasteiger partial charge in [-0.3, -0.25) is 0 Å². The number of nitrogens with two attached hydrogens (primary N) is 2. The van der Waals surface area contributed by atoms with Gasteiger partial charge in [0.05, 0.1) is 11.3 Å². The summed E-state index contributed by atoms with van der Waals surface area (Å²) in [6.07, 6.45) is 11.1. The lowest BCUT2D eigenvalue weighted by Gasteiger charge is -2.36. The third kappa shape index (κ3) is 2.07. The monoisotopic (exact) mass is 256 g/mol. The third-order valence-electron chi connectivity index (χ3n) is 3.79. The molecule has 2 atom stereocenters. The molecule has 2 aliphatic carbocycles. The number of hydrogen-bond acceptors (Lipinski definition) is 4. The molecule has 0 aromatic heterocycles. The molecule has 2 rings (SSSR count). The molecule has 1 fully saturated rings. The lowest BCUT2D eigenvalue weighted by molar-refractivity contribution is 0.460. The Morgan fingerprint density at radius 1 is 1.12 bits per heavy atom. The van der Waals surface area contributed by atoms with E-state index in [0.717, 1.165) is 19.3 Å². The maximum Gasteiger partial charge on any atom is 0.177 e. The number of sulfone groups is 1. The molecule has 2 aliphatic rings. The zero-order valence-electron chi connectivity index (χ0n) is 9.88.